The molecule has 0 heterocycles. The van der Waals surface area contributed by atoms with E-state index < -0.39 is 9.84 Å². The highest BCUT2D eigenvalue weighted by Gasteiger charge is 2.23. The summed E-state index contributed by atoms with van der Waals surface area (Å²) in [6.07, 6.45) is 0.929. The number of hydrogen-bond acceptors (Lipinski definition) is 3. The average molecular weight is 331 g/mol. The monoisotopic (exact) mass is 330 g/mol. The number of sulfone groups is 1. The Balaban J connectivity index is 0. The molecule has 0 radical (unpaired) electrons. The maximum absolute atomic E-state index is 11.8. The summed E-state index contributed by atoms with van der Waals surface area (Å²) < 4.78 is 23.5. The standard InChI is InChI=1S/C14H22O3S.2C2H6/c1-14(2,13-7-4-3-5-8-13)9-12-18(16,17)11-6-10-15;2*1-2/h3-5,7-8,15H,6,9-12H2,1-2H3;2*1-2H3. The topological polar surface area (TPSA) is 54.4 Å². The van der Waals surface area contributed by atoms with Crippen molar-refractivity contribution in [2.45, 2.75) is 59.8 Å². The van der Waals surface area contributed by atoms with Crippen LogP contribution in [0.2, 0.25) is 0 Å². The number of benzene rings is 1. The fraction of sp³-hybridized carbons (Fsp3) is 0.667. The molecule has 0 unspecified atom stereocenters. The Morgan fingerprint density at radius 1 is 0.955 bits per heavy atom. The third-order valence-electron chi connectivity index (χ3n) is 3.21. The van der Waals surface area contributed by atoms with Gasteiger partial charge in [-0.1, -0.05) is 71.9 Å². The first kappa shape index (κ1) is 23.4. The fourth-order valence-corrected chi connectivity index (χ4v) is 3.43. The molecule has 4 heteroatoms. The van der Waals surface area contributed by atoms with Gasteiger partial charge in [-0.2, -0.15) is 0 Å². The molecule has 3 nitrogen and oxygen atoms in total. The van der Waals surface area contributed by atoms with E-state index in [1.165, 1.54) is 0 Å². The molecule has 1 aromatic carbocycles. The van der Waals surface area contributed by atoms with Crippen LogP contribution in [-0.2, 0) is 15.3 Å². The van der Waals surface area contributed by atoms with Gasteiger partial charge in [-0.05, 0) is 23.8 Å². The second-order valence-corrected chi connectivity index (χ2v) is 7.53. The van der Waals surface area contributed by atoms with Crippen molar-refractivity contribution < 1.29 is 13.5 Å². The maximum Gasteiger partial charge on any atom is 0.150 e. The zero-order valence-corrected chi connectivity index (χ0v) is 15.9. The van der Waals surface area contributed by atoms with Crippen molar-refractivity contribution in [3.05, 3.63) is 35.9 Å². The summed E-state index contributed by atoms with van der Waals surface area (Å²) in [5.41, 5.74) is 1.01. The Morgan fingerprint density at radius 2 is 1.45 bits per heavy atom. The Labute approximate surface area is 137 Å². The van der Waals surface area contributed by atoms with Crippen LogP contribution < -0.4 is 0 Å². The number of aliphatic hydroxyl groups is 1. The van der Waals surface area contributed by atoms with Gasteiger partial charge in [0.25, 0.3) is 0 Å². The number of rotatable bonds is 7. The van der Waals surface area contributed by atoms with Crippen LogP contribution in [0.3, 0.4) is 0 Å². The van der Waals surface area contributed by atoms with Crippen LogP contribution in [0, 0.1) is 0 Å². The first-order chi connectivity index (χ1) is 10.4. The van der Waals surface area contributed by atoms with Crippen molar-refractivity contribution in [3.63, 3.8) is 0 Å². The van der Waals surface area contributed by atoms with Gasteiger partial charge in [0.05, 0.1) is 11.5 Å². The van der Waals surface area contributed by atoms with E-state index in [1.807, 2.05) is 58.0 Å². The molecule has 0 aliphatic rings. The van der Waals surface area contributed by atoms with Crippen LogP contribution in [0.1, 0.15) is 59.9 Å². The molecule has 0 amide bonds. The van der Waals surface area contributed by atoms with Crippen molar-refractivity contribution in [1.29, 1.82) is 0 Å². The van der Waals surface area contributed by atoms with Crippen LogP contribution in [0.5, 0.6) is 0 Å². The van der Waals surface area contributed by atoms with Crippen LogP contribution in [-0.4, -0.2) is 31.6 Å². The number of aliphatic hydroxyl groups excluding tert-OH is 1. The van der Waals surface area contributed by atoms with Crippen LogP contribution in [0.4, 0.5) is 0 Å². The van der Waals surface area contributed by atoms with Crippen LogP contribution >= 0.6 is 0 Å². The average Bonchev–Trinajstić information content (AvgIpc) is 2.56. The van der Waals surface area contributed by atoms with Crippen molar-refractivity contribution >= 4 is 9.84 Å². The minimum absolute atomic E-state index is 0.0681. The highest BCUT2D eigenvalue weighted by Crippen LogP contribution is 2.27. The van der Waals surface area contributed by atoms with E-state index >= 15 is 0 Å². The first-order valence-corrected chi connectivity index (χ1v) is 10.1. The van der Waals surface area contributed by atoms with Gasteiger partial charge in [0.15, 0.2) is 0 Å². The molecule has 0 saturated carbocycles. The molecule has 0 saturated heterocycles. The molecule has 22 heavy (non-hydrogen) atoms. The first-order valence-electron chi connectivity index (χ1n) is 8.24. The van der Waals surface area contributed by atoms with Crippen LogP contribution in [0.15, 0.2) is 30.3 Å². The van der Waals surface area contributed by atoms with Gasteiger partial charge in [-0.3, -0.25) is 0 Å². The third kappa shape index (κ3) is 9.96. The minimum Gasteiger partial charge on any atom is -0.396 e. The minimum atomic E-state index is -3.04. The van der Waals surface area contributed by atoms with Crippen molar-refractivity contribution in [3.8, 4) is 0 Å². The fourth-order valence-electron chi connectivity index (χ4n) is 1.83. The van der Waals surface area contributed by atoms with Gasteiger partial charge in [0, 0.05) is 6.61 Å². The van der Waals surface area contributed by atoms with Gasteiger partial charge in [-0.15, -0.1) is 0 Å². The van der Waals surface area contributed by atoms with Gasteiger partial charge in [0.1, 0.15) is 9.84 Å². The Kier molecular flexibility index (Phi) is 13.5. The smallest absolute Gasteiger partial charge is 0.150 e. The Hall–Kier alpha value is -0.870. The Bertz CT molecular complexity index is 450. The molecule has 0 aromatic heterocycles. The molecule has 0 aliphatic carbocycles. The lowest BCUT2D eigenvalue weighted by atomic mass is 9.82. The molecular formula is C18H34O3S. The van der Waals surface area contributed by atoms with E-state index in [2.05, 4.69) is 13.8 Å². The van der Waals surface area contributed by atoms with E-state index in [9.17, 15) is 8.42 Å². The molecule has 0 fully saturated rings. The van der Waals surface area contributed by atoms with Crippen molar-refractivity contribution in [1.82, 2.24) is 0 Å². The zero-order valence-electron chi connectivity index (χ0n) is 15.1. The lowest BCUT2D eigenvalue weighted by Crippen LogP contribution is -2.23. The van der Waals surface area contributed by atoms with E-state index in [1.54, 1.807) is 0 Å². The lowest BCUT2D eigenvalue weighted by molar-refractivity contribution is 0.295. The van der Waals surface area contributed by atoms with E-state index in [-0.39, 0.29) is 23.5 Å². The van der Waals surface area contributed by atoms with E-state index in [0.29, 0.717) is 12.8 Å². The molecule has 1 rings (SSSR count). The second kappa shape index (κ2) is 12.7. The van der Waals surface area contributed by atoms with Gasteiger partial charge in [-0.25, -0.2) is 8.42 Å². The van der Waals surface area contributed by atoms with Crippen molar-refractivity contribution in [2.24, 2.45) is 0 Å². The van der Waals surface area contributed by atoms with E-state index in [4.69, 9.17) is 5.11 Å². The Morgan fingerprint density at radius 3 is 1.91 bits per heavy atom. The third-order valence-corrected chi connectivity index (χ3v) is 4.94. The molecule has 0 atom stereocenters. The summed E-state index contributed by atoms with van der Waals surface area (Å²) >= 11 is 0. The van der Waals surface area contributed by atoms with E-state index in [0.717, 1.165) is 5.56 Å². The normalized spacial score (nSPS) is 10.9. The molecule has 1 aromatic rings. The molecule has 0 spiro atoms. The van der Waals surface area contributed by atoms with Crippen molar-refractivity contribution in [2.75, 3.05) is 18.1 Å². The molecular weight excluding hydrogens is 296 g/mol. The quantitative estimate of drug-likeness (QED) is 0.815. The van der Waals surface area contributed by atoms with Gasteiger partial charge in [0.2, 0.25) is 0 Å². The highest BCUT2D eigenvalue weighted by molar-refractivity contribution is 7.91. The lowest BCUT2D eigenvalue weighted by Gasteiger charge is -2.25. The zero-order chi connectivity index (χ0) is 17.6. The molecule has 0 bridgehead atoms. The predicted molar refractivity (Wildman–Crippen MR) is 97.1 cm³/mol. The van der Waals surface area contributed by atoms with Crippen LogP contribution in [0.25, 0.3) is 0 Å². The second-order valence-electron chi connectivity index (χ2n) is 5.23. The summed E-state index contributed by atoms with van der Waals surface area (Å²) in [4.78, 5) is 0. The summed E-state index contributed by atoms with van der Waals surface area (Å²) in [7, 11) is -3.04. The summed E-state index contributed by atoms with van der Waals surface area (Å²) in [5.74, 6) is 0.253. The summed E-state index contributed by atoms with van der Waals surface area (Å²) in [6, 6.07) is 9.95. The predicted octanol–water partition coefficient (Wildman–Crippen LogP) is 4.20. The summed E-state index contributed by atoms with van der Waals surface area (Å²) in [6.45, 7) is 12.1. The molecule has 0 aliphatic heterocycles. The largest absolute Gasteiger partial charge is 0.396 e. The molecule has 1 N–H and O–H groups in total. The van der Waals surface area contributed by atoms with Gasteiger partial charge < -0.3 is 5.11 Å². The molecule has 130 valence electrons. The summed E-state index contributed by atoms with van der Waals surface area (Å²) in [5, 5.41) is 8.67. The number of hydrogen-bond donors (Lipinski definition) is 1. The highest BCUT2D eigenvalue weighted by atomic mass is 32.2. The van der Waals surface area contributed by atoms with Gasteiger partial charge >= 0.3 is 0 Å². The SMILES string of the molecule is CC.CC.CC(C)(CCS(=O)(=O)CCCO)c1ccccc1. The maximum atomic E-state index is 11.8.